The van der Waals surface area contributed by atoms with E-state index in [1.54, 1.807) is 0 Å². The molecule has 0 fully saturated rings. The van der Waals surface area contributed by atoms with Crippen LogP contribution >= 0.6 is 0 Å². The van der Waals surface area contributed by atoms with Crippen LogP contribution in [0.5, 0.6) is 11.5 Å². The van der Waals surface area contributed by atoms with E-state index in [9.17, 15) is 27.5 Å². The smallest absolute Gasteiger partial charge is 0.173 e. The van der Waals surface area contributed by atoms with Gasteiger partial charge in [-0.2, -0.15) is 0 Å². The third kappa shape index (κ3) is 2.31. The maximum Gasteiger partial charge on any atom is 0.173 e. The van der Waals surface area contributed by atoms with E-state index in [1.807, 2.05) is 0 Å². The molecule has 0 saturated carbocycles. The van der Waals surface area contributed by atoms with Gasteiger partial charge in [0.15, 0.2) is 29.6 Å². The van der Waals surface area contributed by atoms with E-state index in [2.05, 4.69) is 0 Å². The average Bonchev–Trinajstić information content (AvgIpc) is 2.47. The van der Waals surface area contributed by atoms with Crippen molar-refractivity contribution >= 4 is 6.29 Å². The summed E-state index contributed by atoms with van der Waals surface area (Å²) in [5, 5.41) is 9.28. The minimum absolute atomic E-state index is 0.189. The number of hydrogen-bond donors (Lipinski definition) is 1. The lowest BCUT2D eigenvalue weighted by Gasteiger charge is -2.13. The van der Waals surface area contributed by atoms with Crippen LogP contribution in [0, 0.1) is 23.3 Å². The van der Waals surface area contributed by atoms with Gasteiger partial charge in [0.05, 0.1) is 18.2 Å². The van der Waals surface area contributed by atoms with Crippen LogP contribution in [0.3, 0.4) is 0 Å². The largest absolute Gasteiger partial charge is 0.508 e. The van der Waals surface area contributed by atoms with Gasteiger partial charge in [0.25, 0.3) is 0 Å². The van der Waals surface area contributed by atoms with Gasteiger partial charge < -0.3 is 9.84 Å². The second-order valence-electron chi connectivity index (χ2n) is 4.05. The normalized spacial score (nSPS) is 10.5. The van der Waals surface area contributed by atoms with Gasteiger partial charge >= 0.3 is 0 Å². The number of phenols is 1. The standard InChI is InChI=1S/C14H8F4O3/c1-21-9-4-6(20)2-3-7(9)10-13(17)11(15)8(5-19)12(16)14(10)18/h2-5,20H,1H3. The van der Waals surface area contributed by atoms with E-state index in [1.165, 1.54) is 0 Å². The van der Waals surface area contributed by atoms with Crippen molar-refractivity contribution in [3.05, 3.63) is 47.0 Å². The van der Waals surface area contributed by atoms with E-state index < -0.39 is 34.4 Å². The lowest BCUT2D eigenvalue weighted by molar-refractivity contribution is 0.111. The number of aldehydes is 1. The number of halogens is 4. The molecule has 0 aliphatic heterocycles. The number of rotatable bonds is 3. The third-order valence-electron chi connectivity index (χ3n) is 2.87. The fourth-order valence-corrected chi connectivity index (χ4v) is 1.88. The molecule has 2 aromatic rings. The van der Waals surface area contributed by atoms with Crippen molar-refractivity contribution in [3.63, 3.8) is 0 Å². The van der Waals surface area contributed by atoms with E-state index in [4.69, 9.17) is 4.74 Å². The topological polar surface area (TPSA) is 46.5 Å². The van der Waals surface area contributed by atoms with E-state index in [-0.39, 0.29) is 23.3 Å². The van der Waals surface area contributed by atoms with Gasteiger partial charge in [-0.1, -0.05) is 0 Å². The summed E-state index contributed by atoms with van der Waals surface area (Å²) >= 11 is 0. The zero-order valence-electron chi connectivity index (χ0n) is 10.6. The van der Waals surface area contributed by atoms with Crippen LogP contribution in [-0.4, -0.2) is 18.5 Å². The van der Waals surface area contributed by atoms with E-state index >= 15 is 0 Å². The number of carbonyl (C=O) groups is 1. The number of benzene rings is 2. The van der Waals surface area contributed by atoms with Crippen LogP contribution in [0.2, 0.25) is 0 Å². The number of methoxy groups -OCH3 is 1. The highest BCUT2D eigenvalue weighted by Crippen LogP contribution is 2.38. The molecule has 2 rings (SSSR count). The predicted octanol–water partition coefficient (Wildman–Crippen LogP) is 3.44. The van der Waals surface area contributed by atoms with Crippen LogP contribution in [-0.2, 0) is 0 Å². The molecule has 0 heterocycles. The van der Waals surface area contributed by atoms with Crippen LogP contribution in [0.15, 0.2) is 18.2 Å². The van der Waals surface area contributed by atoms with Gasteiger partial charge in [-0.15, -0.1) is 0 Å². The van der Waals surface area contributed by atoms with E-state index in [0.29, 0.717) is 0 Å². The Morgan fingerprint density at radius 1 is 1.05 bits per heavy atom. The molecule has 0 aliphatic rings. The summed E-state index contributed by atoms with van der Waals surface area (Å²) in [6, 6.07) is 3.13. The molecular weight excluding hydrogens is 292 g/mol. The summed E-state index contributed by atoms with van der Waals surface area (Å²) in [5.74, 6) is -7.49. The number of ether oxygens (including phenoxy) is 1. The second kappa shape index (κ2) is 5.43. The highest BCUT2D eigenvalue weighted by Gasteiger charge is 2.27. The molecule has 0 unspecified atom stereocenters. The van der Waals surface area contributed by atoms with Crippen molar-refractivity contribution in [2.24, 2.45) is 0 Å². The van der Waals surface area contributed by atoms with Gasteiger partial charge in [0.1, 0.15) is 11.5 Å². The van der Waals surface area contributed by atoms with Gasteiger partial charge in [-0.3, -0.25) is 4.79 Å². The van der Waals surface area contributed by atoms with E-state index in [0.717, 1.165) is 25.3 Å². The molecule has 0 bridgehead atoms. The molecule has 2 aromatic carbocycles. The lowest BCUT2D eigenvalue weighted by Crippen LogP contribution is -2.06. The Labute approximate surface area is 116 Å². The maximum absolute atomic E-state index is 13.9. The Morgan fingerprint density at radius 3 is 2.10 bits per heavy atom. The number of carbonyl (C=O) groups excluding carboxylic acids is 1. The van der Waals surface area contributed by atoms with Crippen molar-refractivity contribution in [1.29, 1.82) is 0 Å². The van der Waals surface area contributed by atoms with Crippen LogP contribution in [0.1, 0.15) is 10.4 Å². The molecule has 0 aliphatic carbocycles. The summed E-state index contributed by atoms with van der Waals surface area (Å²) in [6.45, 7) is 0. The van der Waals surface area contributed by atoms with Gasteiger partial charge in [0, 0.05) is 11.6 Å². The van der Waals surface area contributed by atoms with Gasteiger partial charge in [0.2, 0.25) is 0 Å². The molecule has 1 N–H and O–H groups in total. The van der Waals surface area contributed by atoms with Crippen LogP contribution in [0.25, 0.3) is 11.1 Å². The first-order chi connectivity index (χ1) is 9.92. The first-order valence-corrected chi connectivity index (χ1v) is 5.60. The molecule has 110 valence electrons. The third-order valence-corrected chi connectivity index (χ3v) is 2.87. The molecule has 3 nitrogen and oxygen atoms in total. The molecule has 0 atom stereocenters. The highest BCUT2D eigenvalue weighted by molar-refractivity contribution is 5.80. The minimum Gasteiger partial charge on any atom is -0.508 e. The molecule has 0 spiro atoms. The van der Waals surface area contributed by atoms with Gasteiger partial charge in [-0.25, -0.2) is 17.6 Å². The van der Waals surface area contributed by atoms with Crippen molar-refractivity contribution in [2.75, 3.05) is 7.11 Å². The van der Waals surface area contributed by atoms with Gasteiger partial charge in [-0.05, 0) is 12.1 Å². The lowest BCUT2D eigenvalue weighted by atomic mass is 10.00. The zero-order valence-corrected chi connectivity index (χ0v) is 10.6. The summed E-state index contributed by atoms with van der Waals surface area (Å²) in [5.41, 5.74) is -2.65. The first kappa shape index (κ1) is 14.8. The quantitative estimate of drug-likeness (QED) is 0.536. The monoisotopic (exact) mass is 300 g/mol. The van der Waals surface area contributed by atoms with Crippen LogP contribution < -0.4 is 4.74 Å². The van der Waals surface area contributed by atoms with Crippen LogP contribution in [0.4, 0.5) is 17.6 Å². The van der Waals surface area contributed by atoms with Crippen molar-refractivity contribution in [3.8, 4) is 22.6 Å². The first-order valence-electron chi connectivity index (χ1n) is 5.60. The Kier molecular flexibility index (Phi) is 3.84. The molecule has 0 saturated heterocycles. The Morgan fingerprint density at radius 2 is 1.62 bits per heavy atom. The van der Waals surface area contributed by atoms with Crippen molar-refractivity contribution < 1.29 is 32.2 Å². The Bertz CT molecular complexity index is 700. The SMILES string of the molecule is COc1cc(O)ccc1-c1c(F)c(F)c(C=O)c(F)c1F. The summed E-state index contributed by atoms with van der Waals surface area (Å²) in [7, 11) is 1.15. The summed E-state index contributed by atoms with van der Waals surface area (Å²) < 4.78 is 59.9. The molecule has 7 heteroatoms. The minimum atomic E-state index is -1.80. The molecule has 0 aromatic heterocycles. The summed E-state index contributed by atoms with van der Waals surface area (Å²) in [4.78, 5) is 10.5. The maximum atomic E-state index is 13.9. The molecule has 21 heavy (non-hydrogen) atoms. The fourth-order valence-electron chi connectivity index (χ4n) is 1.88. The molecule has 0 radical (unpaired) electrons. The molecule has 0 amide bonds. The Balaban J connectivity index is 2.85. The number of phenolic OH excluding ortho intramolecular Hbond substituents is 1. The van der Waals surface area contributed by atoms with Crippen molar-refractivity contribution in [2.45, 2.75) is 0 Å². The average molecular weight is 300 g/mol. The van der Waals surface area contributed by atoms with Crippen molar-refractivity contribution in [1.82, 2.24) is 0 Å². The Hall–Kier alpha value is -2.57. The zero-order chi connectivity index (χ0) is 15.7. The second-order valence-corrected chi connectivity index (χ2v) is 4.05. The number of hydrogen-bond acceptors (Lipinski definition) is 3. The summed E-state index contributed by atoms with van der Waals surface area (Å²) in [6.07, 6.45) is -0.311. The predicted molar refractivity (Wildman–Crippen MR) is 65.3 cm³/mol. The molecular formula is C14H8F4O3. The fraction of sp³-hybridized carbons (Fsp3) is 0.0714. The number of aromatic hydroxyl groups is 1. The highest BCUT2D eigenvalue weighted by atomic mass is 19.2.